The summed E-state index contributed by atoms with van der Waals surface area (Å²) in [6.45, 7) is 3.30. The van der Waals surface area contributed by atoms with Crippen LogP contribution in [0.25, 0.3) is 10.9 Å². The highest BCUT2D eigenvalue weighted by Gasteiger charge is 2.55. The number of hydrogen-bond donors (Lipinski definition) is 4. The van der Waals surface area contributed by atoms with Crippen molar-refractivity contribution in [2.24, 2.45) is 0 Å². The Hall–Kier alpha value is -2.61. The number of aliphatic hydroxyl groups is 1. The van der Waals surface area contributed by atoms with E-state index in [-0.39, 0.29) is 24.0 Å². The molecule has 5 rings (SSSR count). The minimum absolute atomic E-state index is 0.0801. The Morgan fingerprint density at radius 1 is 1.29 bits per heavy atom. The maximum atomic E-state index is 12.5. The van der Waals surface area contributed by atoms with Gasteiger partial charge in [0, 0.05) is 23.9 Å². The fourth-order valence-electron chi connectivity index (χ4n) is 4.72. The van der Waals surface area contributed by atoms with Crippen LogP contribution in [0.15, 0.2) is 18.2 Å². The van der Waals surface area contributed by atoms with E-state index in [0.29, 0.717) is 25.0 Å². The van der Waals surface area contributed by atoms with Gasteiger partial charge in [-0.05, 0) is 51.2 Å². The molecule has 2 amide bonds. The Balaban J connectivity index is 1.36. The summed E-state index contributed by atoms with van der Waals surface area (Å²) >= 11 is 0. The first kappa shape index (κ1) is 18.7. The van der Waals surface area contributed by atoms with Gasteiger partial charge in [0.05, 0.1) is 22.9 Å². The van der Waals surface area contributed by atoms with Gasteiger partial charge >= 0.3 is 0 Å². The summed E-state index contributed by atoms with van der Waals surface area (Å²) in [5, 5.41) is 24.8. The molecule has 2 aromatic rings. The Kier molecular flexibility index (Phi) is 4.53. The number of rotatable bonds is 5. The summed E-state index contributed by atoms with van der Waals surface area (Å²) in [7, 11) is 0. The molecule has 1 unspecified atom stereocenters. The van der Waals surface area contributed by atoms with E-state index in [4.69, 9.17) is 4.74 Å². The van der Waals surface area contributed by atoms with Crippen molar-refractivity contribution in [3.05, 3.63) is 23.9 Å². The largest absolute Gasteiger partial charge is 0.484 e. The van der Waals surface area contributed by atoms with Crippen molar-refractivity contribution >= 4 is 22.7 Å². The number of fused-ring (bicyclic) bond motifs is 4. The second kappa shape index (κ2) is 6.77. The average Bonchev–Trinajstić information content (AvgIpc) is 3.01. The van der Waals surface area contributed by atoms with E-state index in [2.05, 4.69) is 20.8 Å². The van der Waals surface area contributed by atoms with Gasteiger partial charge in [-0.1, -0.05) is 0 Å². The van der Waals surface area contributed by atoms with E-state index in [9.17, 15) is 14.7 Å². The number of aryl methyl sites for hydroxylation is 1. The van der Waals surface area contributed by atoms with Crippen molar-refractivity contribution in [2.75, 3.05) is 6.61 Å². The normalized spacial score (nSPS) is 28.9. The lowest BCUT2D eigenvalue weighted by Gasteiger charge is -2.56. The third-order valence-corrected chi connectivity index (χ3v) is 6.25. The average molecular weight is 386 g/mol. The predicted octanol–water partition coefficient (Wildman–Crippen LogP) is 1.32. The Labute approximate surface area is 163 Å². The second-order valence-electron chi connectivity index (χ2n) is 8.19. The number of aromatic amines is 1. The third-order valence-electron chi connectivity index (χ3n) is 6.25. The lowest BCUT2D eigenvalue weighted by molar-refractivity contribution is -0.135. The van der Waals surface area contributed by atoms with Gasteiger partial charge in [-0.15, -0.1) is 0 Å². The first-order valence-electron chi connectivity index (χ1n) is 9.66. The molecule has 8 heteroatoms. The number of amides is 2. The molecule has 0 saturated heterocycles. The Morgan fingerprint density at radius 2 is 2.04 bits per heavy atom. The molecule has 1 aromatic heterocycles. The van der Waals surface area contributed by atoms with E-state index in [1.54, 1.807) is 0 Å². The fraction of sp³-hybridized carbons (Fsp3) is 0.550. The summed E-state index contributed by atoms with van der Waals surface area (Å²) in [5.74, 6) is 0.249. The summed E-state index contributed by atoms with van der Waals surface area (Å²) < 4.78 is 5.64. The summed E-state index contributed by atoms with van der Waals surface area (Å²) in [6.07, 6.45) is 2.55. The van der Waals surface area contributed by atoms with Gasteiger partial charge in [-0.2, -0.15) is 5.10 Å². The van der Waals surface area contributed by atoms with Gasteiger partial charge in [-0.25, -0.2) is 0 Å². The van der Waals surface area contributed by atoms with Crippen molar-refractivity contribution in [1.29, 1.82) is 0 Å². The van der Waals surface area contributed by atoms with Gasteiger partial charge in [0.25, 0.3) is 5.91 Å². The maximum Gasteiger partial charge on any atom is 0.258 e. The summed E-state index contributed by atoms with van der Waals surface area (Å²) in [5.41, 5.74) is 0.798. The van der Waals surface area contributed by atoms with Crippen molar-refractivity contribution in [2.45, 2.75) is 63.1 Å². The summed E-state index contributed by atoms with van der Waals surface area (Å²) in [6, 6.07) is 5.54. The molecule has 150 valence electrons. The minimum Gasteiger partial charge on any atom is -0.484 e. The molecule has 1 atom stereocenters. The van der Waals surface area contributed by atoms with E-state index in [1.807, 2.05) is 25.1 Å². The highest BCUT2D eigenvalue weighted by molar-refractivity contribution is 5.83. The molecule has 0 radical (unpaired) electrons. The number of benzene rings is 1. The van der Waals surface area contributed by atoms with Crippen molar-refractivity contribution < 1.29 is 19.4 Å². The number of H-pyrrole nitrogens is 1. The lowest BCUT2D eigenvalue weighted by Crippen LogP contribution is -2.70. The van der Waals surface area contributed by atoms with Gasteiger partial charge in [0.2, 0.25) is 5.91 Å². The molecule has 4 N–H and O–H groups in total. The molecule has 3 aliphatic carbocycles. The number of aliphatic hydroxyl groups excluding tert-OH is 1. The molecule has 0 spiro atoms. The van der Waals surface area contributed by atoms with Gasteiger partial charge in [-0.3, -0.25) is 14.7 Å². The second-order valence-corrected chi connectivity index (χ2v) is 8.19. The quantitative estimate of drug-likeness (QED) is 0.618. The van der Waals surface area contributed by atoms with Crippen molar-refractivity contribution in [1.82, 2.24) is 20.8 Å². The highest BCUT2D eigenvalue weighted by atomic mass is 16.5. The number of ether oxygens (including phenoxy) is 1. The molecule has 1 heterocycles. The Morgan fingerprint density at radius 3 is 2.71 bits per heavy atom. The van der Waals surface area contributed by atoms with Crippen LogP contribution in [0.1, 0.15) is 44.7 Å². The zero-order valence-corrected chi connectivity index (χ0v) is 16.2. The fourth-order valence-corrected chi connectivity index (χ4v) is 4.72. The van der Waals surface area contributed by atoms with Crippen LogP contribution in [0.3, 0.4) is 0 Å². The highest BCUT2D eigenvalue weighted by Crippen LogP contribution is 2.47. The molecule has 28 heavy (non-hydrogen) atoms. The smallest absolute Gasteiger partial charge is 0.258 e. The molecule has 3 saturated carbocycles. The van der Waals surface area contributed by atoms with Crippen LogP contribution in [0.5, 0.6) is 5.75 Å². The van der Waals surface area contributed by atoms with E-state index in [1.165, 1.54) is 6.92 Å². The molecule has 2 bridgehead atoms. The molecule has 3 aliphatic rings. The predicted molar refractivity (Wildman–Crippen MR) is 103 cm³/mol. The van der Waals surface area contributed by atoms with Gasteiger partial charge < -0.3 is 20.5 Å². The summed E-state index contributed by atoms with van der Waals surface area (Å²) in [4.78, 5) is 24.0. The first-order valence-corrected chi connectivity index (χ1v) is 9.66. The number of nitrogens with one attached hydrogen (secondary N) is 3. The van der Waals surface area contributed by atoms with Crippen LogP contribution < -0.4 is 15.4 Å². The monoisotopic (exact) mass is 386 g/mol. The zero-order chi connectivity index (χ0) is 19.9. The van der Waals surface area contributed by atoms with Crippen LogP contribution >= 0.6 is 0 Å². The maximum absolute atomic E-state index is 12.5. The van der Waals surface area contributed by atoms with Crippen LogP contribution in [0, 0.1) is 6.92 Å². The number of nitrogens with zero attached hydrogens (tertiary/aromatic N) is 1. The lowest BCUT2D eigenvalue weighted by atomic mass is 9.60. The zero-order valence-electron chi connectivity index (χ0n) is 16.2. The molecule has 1 aromatic carbocycles. The first-order chi connectivity index (χ1) is 13.3. The van der Waals surface area contributed by atoms with Crippen molar-refractivity contribution in [3.63, 3.8) is 0 Å². The molecule has 0 aliphatic heterocycles. The van der Waals surface area contributed by atoms with E-state index < -0.39 is 11.6 Å². The molecule has 8 nitrogen and oxygen atoms in total. The van der Waals surface area contributed by atoms with Crippen LogP contribution in [-0.2, 0) is 9.59 Å². The van der Waals surface area contributed by atoms with Crippen molar-refractivity contribution in [3.8, 4) is 5.75 Å². The van der Waals surface area contributed by atoms with E-state index >= 15 is 0 Å². The van der Waals surface area contributed by atoms with Gasteiger partial charge in [0.1, 0.15) is 5.75 Å². The van der Waals surface area contributed by atoms with Gasteiger partial charge in [0.15, 0.2) is 6.61 Å². The number of carbonyl (C=O) groups is 2. The third kappa shape index (κ3) is 3.32. The van der Waals surface area contributed by atoms with Crippen LogP contribution in [-0.4, -0.2) is 50.9 Å². The SMILES string of the molecule is CC(=O)NC12CCC(NC(=O)COc3ccc4c(C)n[nH]c4c3)(CC1)C(O)C2. The topological polar surface area (TPSA) is 116 Å². The number of aromatic nitrogens is 2. The Bertz CT molecular complexity index is 914. The van der Waals surface area contributed by atoms with Crippen LogP contribution in [0.4, 0.5) is 0 Å². The number of hydrogen-bond acceptors (Lipinski definition) is 5. The van der Waals surface area contributed by atoms with Crippen LogP contribution in [0.2, 0.25) is 0 Å². The molecular formula is C20H26N4O4. The molecular weight excluding hydrogens is 360 g/mol. The minimum atomic E-state index is -0.685. The molecule has 3 fully saturated rings. The number of carbonyl (C=O) groups excluding carboxylic acids is 2. The van der Waals surface area contributed by atoms with E-state index in [0.717, 1.165) is 29.4 Å². The standard InChI is InChI=1S/C20H26N4O4/c1-12-15-4-3-14(9-16(15)24-23-12)28-11-18(27)22-20-7-5-19(6-8-20,10-17(20)26)21-13(2)25/h3-4,9,17,26H,5-8,10-11H2,1-2H3,(H,21,25)(H,22,27)(H,23,24).